The zero-order valence-corrected chi connectivity index (χ0v) is 12.2. The van der Waals surface area contributed by atoms with E-state index in [4.69, 9.17) is 10.5 Å². The van der Waals surface area contributed by atoms with E-state index in [0.717, 1.165) is 23.5 Å². The summed E-state index contributed by atoms with van der Waals surface area (Å²) in [6.07, 6.45) is 3.76. The molecule has 0 radical (unpaired) electrons. The standard InChI is InChI=1S/C16H21N3O/c1-12(2)20-16-9-14(6-7-15(16)17)19(3)11-13-5-4-8-18-10-13/h4-10,12H,11,17H2,1-3H3. The number of anilines is 2. The van der Waals surface area contributed by atoms with Crippen LogP contribution in [0, 0.1) is 0 Å². The lowest BCUT2D eigenvalue weighted by Gasteiger charge is -2.21. The van der Waals surface area contributed by atoms with E-state index in [1.807, 2.05) is 51.4 Å². The molecule has 0 amide bonds. The van der Waals surface area contributed by atoms with Gasteiger partial charge in [0.15, 0.2) is 0 Å². The van der Waals surface area contributed by atoms with Crippen LogP contribution in [0.15, 0.2) is 42.7 Å². The van der Waals surface area contributed by atoms with Crippen LogP contribution in [0.2, 0.25) is 0 Å². The second-order valence-electron chi connectivity index (χ2n) is 5.11. The molecule has 0 bridgehead atoms. The minimum absolute atomic E-state index is 0.108. The third kappa shape index (κ3) is 3.63. The number of ether oxygens (including phenoxy) is 1. The minimum atomic E-state index is 0.108. The Kier molecular flexibility index (Phi) is 4.45. The molecule has 1 aromatic heterocycles. The molecule has 2 aromatic rings. The first-order chi connectivity index (χ1) is 9.56. The fourth-order valence-electron chi connectivity index (χ4n) is 1.97. The van der Waals surface area contributed by atoms with E-state index in [2.05, 4.69) is 16.0 Å². The normalized spacial score (nSPS) is 10.6. The van der Waals surface area contributed by atoms with Crippen molar-refractivity contribution >= 4 is 11.4 Å². The molecule has 0 aliphatic carbocycles. The summed E-state index contributed by atoms with van der Waals surface area (Å²) >= 11 is 0. The Labute approximate surface area is 120 Å². The molecule has 0 saturated heterocycles. The van der Waals surface area contributed by atoms with Crippen LogP contribution in [-0.2, 0) is 6.54 Å². The average Bonchev–Trinajstić information content (AvgIpc) is 2.42. The van der Waals surface area contributed by atoms with Gasteiger partial charge in [0, 0.05) is 37.7 Å². The lowest BCUT2D eigenvalue weighted by Crippen LogP contribution is -2.17. The second kappa shape index (κ2) is 6.28. The number of nitrogen functional groups attached to an aromatic ring is 1. The number of aromatic nitrogens is 1. The zero-order chi connectivity index (χ0) is 14.5. The molecular weight excluding hydrogens is 250 g/mol. The maximum Gasteiger partial charge on any atom is 0.144 e. The fraction of sp³-hybridized carbons (Fsp3) is 0.312. The van der Waals surface area contributed by atoms with Crippen LogP contribution in [0.1, 0.15) is 19.4 Å². The highest BCUT2D eigenvalue weighted by molar-refractivity contribution is 5.62. The van der Waals surface area contributed by atoms with Crippen LogP contribution in [0.4, 0.5) is 11.4 Å². The van der Waals surface area contributed by atoms with Gasteiger partial charge in [-0.05, 0) is 37.6 Å². The topological polar surface area (TPSA) is 51.4 Å². The monoisotopic (exact) mass is 271 g/mol. The van der Waals surface area contributed by atoms with E-state index in [-0.39, 0.29) is 6.10 Å². The highest BCUT2D eigenvalue weighted by Crippen LogP contribution is 2.28. The lowest BCUT2D eigenvalue weighted by molar-refractivity contribution is 0.244. The van der Waals surface area contributed by atoms with Crippen LogP contribution >= 0.6 is 0 Å². The van der Waals surface area contributed by atoms with Crippen molar-refractivity contribution in [2.24, 2.45) is 0 Å². The van der Waals surface area contributed by atoms with Crippen molar-refractivity contribution in [3.8, 4) is 5.75 Å². The van der Waals surface area contributed by atoms with E-state index < -0.39 is 0 Å². The first-order valence-corrected chi connectivity index (χ1v) is 6.72. The molecule has 0 unspecified atom stereocenters. The molecule has 0 spiro atoms. The minimum Gasteiger partial charge on any atom is -0.489 e. The number of benzene rings is 1. The van der Waals surface area contributed by atoms with Gasteiger partial charge in [-0.25, -0.2) is 0 Å². The molecule has 0 aliphatic rings. The highest BCUT2D eigenvalue weighted by Gasteiger charge is 2.08. The Balaban J connectivity index is 2.15. The van der Waals surface area contributed by atoms with Crippen molar-refractivity contribution in [3.63, 3.8) is 0 Å². The molecule has 0 aliphatic heterocycles. The van der Waals surface area contributed by atoms with Gasteiger partial charge in [-0.2, -0.15) is 0 Å². The van der Waals surface area contributed by atoms with Crippen molar-refractivity contribution in [2.75, 3.05) is 17.7 Å². The van der Waals surface area contributed by atoms with Crippen molar-refractivity contribution < 1.29 is 4.74 Å². The Bertz CT molecular complexity index is 555. The van der Waals surface area contributed by atoms with Gasteiger partial charge >= 0.3 is 0 Å². The summed E-state index contributed by atoms with van der Waals surface area (Å²) in [6, 6.07) is 9.86. The Morgan fingerprint density at radius 2 is 2.10 bits per heavy atom. The molecule has 0 fully saturated rings. The van der Waals surface area contributed by atoms with E-state index in [0.29, 0.717) is 5.69 Å². The van der Waals surface area contributed by atoms with Crippen LogP contribution in [0.5, 0.6) is 5.75 Å². The van der Waals surface area contributed by atoms with E-state index in [9.17, 15) is 0 Å². The maximum atomic E-state index is 5.94. The van der Waals surface area contributed by atoms with Crippen LogP contribution in [0.3, 0.4) is 0 Å². The summed E-state index contributed by atoms with van der Waals surface area (Å²) in [6.45, 7) is 4.77. The molecule has 2 N–H and O–H groups in total. The average molecular weight is 271 g/mol. The number of pyridine rings is 1. The van der Waals surface area contributed by atoms with Gasteiger partial charge in [0.25, 0.3) is 0 Å². The molecule has 1 aromatic carbocycles. The van der Waals surface area contributed by atoms with Gasteiger partial charge in [-0.15, -0.1) is 0 Å². The van der Waals surface area contributed by atoms with E-state index >= 15 is 0 Å². The molecular formula is C16H21N3O. The first kappa shape index (κ1) is 14.2. The number of rotatable bonds is 5. The summed E-state index contributed by atoms with van der Waals surface area (Å²) in [5.41, 5.74) is 8.83. The third-order valence-corrected chi connectivity index (χ3v) is 2.94. The smallest absolute Gasteiger partial charge is 0.144 e. The Morgan fingerprint density at radius 3 is 2.75 bits per heavy atom. The Hall–Kier alpha value is -2.23. The summed E-state index contributed by atoms with van der Waals surface area (Å²) in [5.74, 6) is 0.732. The summed E-state index contributed by atoms with van der Waals surface area (Å²) in [7, 11) is 2.04. The summed E-state index contributed by atoms with van der Waals surface area (Å²) < 4.78 is 5.72. The van der Waals surface area contributed by atoms with Crippen LogP contribution < -0.4 is 15.4 Å². The predicted octanol–water partition coefficient (Wildman–Crippen LogP) is 3.09. The summed E-state index contributed by atoms with van der Waals surface area (Å²) in [5, 5.41) is 0. The summed E-state index contributed by atoms with van der Waals surface area (Å²) in [4.78, 5) is 6.27. The predicted molar refractivity (Wildman–Crippen MR) is 83.0 cm³/mol. The number of nitrogens with zero attached hydrogens (tertiary/aromatic N) is 2. The van der Waals surface area contributed by atoms with Crippen LogP contribution in [-0.4, -0.2) is 18.1 Å². The number of hydrogen-bond donors (Lipinski definition) is 1. The van der Waals surface area contributed by atoms with Gasteiger partial charge < -0.3 is 15.4 Å². The first-order valence-electron chi connectivity index (χ1n) is 6.72. The van der Waals surface area contributed by atoms with Gasteiger partial charge in [-0.1, -0.05) is 6.07 Å². The molecule has 2 rings (SSSR count). The SMILES string of the molecule is CC(C)Oc1cc(N(C)Cc2cccnc2)ccc1N. The van der Waals surface area contributed by atoms with Crippen molar-refractivity contribution in [3.05, 3.63) is 48.3 Å². The third-order valence-electron chi connectivity index (χ3n) is 2.94. The van der Waals surface area contributed by atoms with Crippen molar-refractivity contribution in [1.82, 2.24) is 4.98 Å². The number of hydrogen-bond acceptors (Lipinski definition) is 4. The largest absolute Gasteiger partial charge is 0.489 e. The molecule has 0 saturated carbocycles. The lowest BCUT2D eigenvalue weighted by atomic mass is 10.2. The van der Waals surface area contributed by atoms with Crippen molar-refractivity contribution in [1.29, 1.82) is 0 Å². The van der Waals surface area contributed by atoms with Gasteiger partial charge in [0.05, 0.1) is 11.8 Å². The van der Waals surface area contributed by atoms with E-state index in [1.165, 1.54) is 0 Å². The molecule has 4 heteroatoms. The molecule has 20 heavy (non-hydrogen) atoms. The highest BCUT2D eigenvalue weighted by atomic mass is 16.5. The number of nitrogens with two attached hydrogens (primary N) is 1. The maximum absolute atomic E-state index is 5.94. The van der Waals surface area contributed by atoms with Gasteiger partial charge in [0.1, 0.15) is 5.75 Å². The van der Waals surface area contributed by atoms with E-state index in [1.54, 1.807) is 6.20 Å². The van der Waals surface area contributed by atoms with Gasteiger partial charge in [0.2, 0.25) is 0 Å². The second-order valence-corrected chi connectivity index (χ2v) is 5.11. The molecule has 4 nitrogen and oxygen atoms in total. The molecule has 0 atom stereocenters. The van der Waals surface area contributed by atoms with Gasteiger partial charge in [-0.3, -0.25) is 4.98 Å². The fourth-order valence-corrected chi connectivity index (χ4v) is 1.97. The van der Waals surface area contributed by atoms with Crippen molar-refractivity contribution in [2.45, 2.75) is 26.5 Å². The van der Waals surface area contributed by atoms with Crippen LogP contribution in [0.25, 0.3) is 0 Å². The zero-order valence-electron chi connectivity index (χ0n) is 12.2. The Morgan fingerprint density at radius 1 is 1.30 bits per heavy atom. The molecule has 106 valence electrons. The quantitative estimate of drug-likeness (QED) is 0.849. The molecule has 1 heterocycles.